The largest absolute Gasteiger partial charge is 0.469 e. The minimum Gasteiger partial charge on any atom is -0.469 e. The van der Waals surface area contributed by atoms with Gasteiger partial charge in [0.1, 0.15) is 0 Å². The number of aromatic nitrogens is 1. The monoisotopic (exact) mass is 242 g/mol. The highest BCUT2D eigenvalue weighted by Crippen LogP contribution is 2.26. The number of aromatic amines is 1. The number of rotatable bonds is 2. The van der Waals surface area contributed by atoms with E-state index in [1.165, 1.54) is 18.1 Å². The topological polar surface area (TPSA) is 54.4 Å². The van der Waals surface area contributed by atoms with E-state index in [0.717, 1.165) is 29.9 Å². The van der Waals surface area contributed by atoms with Crippen LogP contribution in [0.15, 0.2) is 29.3 Å². The lowest BCUT2D eigenvalue weighted by molar-refractivity contribution is -0.139. The zero-order valence-corrected chi connectivity index (χ0v) is 10.2. The Morgan fingerprint density at radius 3 is 3.11 bits per heavy atom. The number of esters is 1. The summed E-state index contributed by atoms with van der Waals surface area (Å²) in [5.74, 6) is -0.250. The van der Waals surface area contributed by atoms with Crippen molar-refractivity contribution in [1.29, 1.82) is 0 Å². The van der Waals surface area contributed by atoms with Crippen molar-refractivity contribution in [3.63, 3.8) is 0 Å². The molecule has 1 N–H and O–H groups in total. The number of aliphatic imine (C=N–C) groups is 1. The van der Waals surface area contributed by atoms with Gasteiger partial charge in [-0.2, -0.15) is 0 Å². The van der Waals surface area contributed by atoms with Crippen LogP contribution < -0.4 is 0 Å². The van der Waals surface area contributed by atoms with Gasteiger partial charge in [-0.15, -0.1) is 0 Å². The van der Waals surface area contributed by atoms with E-state index in [-0.39, 0.29) is 12.4 Å². The molecule has 0 unspecified atom stereocenters. The number of nitrogens with zero attached hydrogens (tertiary/aromatic N) is 1. The molecule has 0 saturated carbocycles. The lowest BCUT2D eigenvalue weighted by Gasteiger charge is -2.12. The molecule has 0 aliphatic carbocycles. The third kappa shape index (κ3) is 1.70. The van der Waals surface area contributed by atoms with Crippen LogP contribution >= 0.6 is 0 Å². The Kier molecular flexibility index (Phi) is 2.63. The first kappa shape index (κ1) is 11.0. The molecule has 1 aliphatic heterocycles. The molecule has 2 aromatic rings. The number of methoxy groups -OCH3 is 1. The number of carbonyl (C=O) groups excluding carboxylic acids is 1. The summed E-state index contributed by atoms with van der Waals surface area (Å²) in [6, 6.07) is 8.18. The van der Waals surface area contributed by atoms with Gasteiger partial charge < -0.3 is 9.72 Å². The maximum Gasteiger partial charge on any atom is 0.311 e. The zero-order valence-electron chi connectivity index (χ0n) is 10.2. The molecule has 0 spiro atoms. The molecule has 1 aromatic heterocycles. The van der Waals surface area contributed by atoms with Crippen molar-refractivity contribution < 1.29 is 9.53 Å². The summed E-state index contributed by atoms with van der Waals surface area (Å²) >= 11 is 0. The summed E-state index contributed by atoms with van der Waals surface area (Å²) in [7, 11) is 1.40. The van der Waals surface area contributed by atoms with Crippen LogP contribution in [0.5, 0.6) is 0 Å². The van der Waals surface area contributed by atoms with Gasteiger partial charge in [0.2, 0.25) is 0 Å². The van der Waals surface area contributed by atoms with E-state index in [2.05, 4.69) is 16.0 Å². The van der Waals surface area contributed by atoms with Crippen LogP contribution in [0.4, 0.5) is 0 Å². The normalized spacial score (nSPS) is 14.2. The van der Waals surface area contributed by atoms with Crippen molar-refractivity contribution in [2.24, 2.45) is 4.99 Å². The minimum absolute atomic E-state index is 0.232. The Labute approximate surface area is 105 Å². The van der Waals surface area contributed by atoms with E-state index in [9.17, 15) is 4.79 Å². The average Bonchev–Trinajstić information content (AvgIpc) is 2.78. The molecule has 0 fully saturated rings. The standard InChI is InChI=1S/C14H14N2O2/c1-18-13(17)8-12-14-10(6-7-15-12)9-4-2-3-5-11(9)16-14/h2-5,16H,6-8H2,1H3. The lowest BCUT2D eigenvalue weighted by Crippen LogP contribution is -2.17. The third-order valence-electron chi connectivity index (χ3n) is 3.31. The summed E-state index contributed by atoms with van der Waals surface area (Å²) in [5, 5.41) is 1.23. The van der Waals surface area contributed by atoms with Gasteiger partial charge in [-0.3, -0.25) is 9.79 Å². The Hall–Kier alpha value is -2.10. The molecule has 3 rings (SSSR count). The van der Waals surface area contributed by atoms with Gasteiger partial charge in [0.25, 0.3) is 0 Å². The number of carbonyl (C=O) groups is 1. The number of H-pyrrole nitrogens is 1. The molecule has 4 heteroatoms. The van der Waals surface area contributed by atoms with Crippen molar-refractivity contribution >= 4 is 22.6 Å². The van der Waals surface area contributed by atoms with Crippen LogP contribution in [-0.2, 0) is 16.0 Å². The van der Waals surface area contributed by atoms with E-state index in [1.54, 1.807) is 0 Å². The Morgan fingerprint density at radius 1 is 1.44 bits per heavy atom. The van der Waals surface area contributed by atoms with Crippen molar-refractivity contribution in [2.45, 2.75) is 12.8 Å². The van der Waals surface area contributed by atoms with E-state index in [0.29, 0.717) is 0 Å². The number of benzene rings is 1. The molecular weight excluding hydrogens is 228 g/mol. The van der Waals surface area contributed by atoms with Gasteiger partial charge in [-0.1, -0.05) is 18.2 Å². The van der Waals surface area contributed by atoms with Crippen LogP contribution in [0.1, 0.15) is 17.7 Å². The van der Waals surface area contributed by atoms with Crippen LogP contribution in [0.2, 0.25) is 0 Å². The van der Waals surface area contributed by atoms with Gasteiger partial charge in [0.05, 0.1) is 24.9 Å². The van der Waals surface area contributed by atoms with Gasteiger partial charge in [-0.05, 0) is 18.1 Å². The van der Waals surface area contributed by atoms with Crippen LogP contribution in [0.3, 0.4) is 0 Å². The molecule has 18 heavy (non-hydrogen) atoms. The summed E-state index contributed by atoms with van der Waals surface area (Å²) in [6.07, 6.45) is 1.15. The van der Waals surface area contributed by atoms with Crippen molar-refractivity contribution in [2.75, 3.05) is 13.7 Å². The predicted molar refractivity (Wildman–Crippen MR) is 70.0 cm³/mol. The Balaban J connectivity index is 2.07. The quantitative estimate of drug-likeness (QED) is 0.820. The van der Waals surface area contributed by atoms with E-state index in [4.69, 9.17) is 4.74 Å². The maximum absolute atomic E-state index is 11.4. The SMILES string of the molecule is COC(=O)CC1=NCCc2c1[nH]c1ccccc21. The number of para-hydroxylation sites is 1. The lowest BCUT2D eigenvalue weighted by atomic mass is 10.0. The molecule has 1 aromatic carbocycles. The predicted octanol–water partition coefficient (Wildman–Crippen LogP) is 2.08. The minimum atomic E-state index is -0.250. The molecule has 0 amide bonds. The first-order valence-corrected chi connectivity index (χ1v) is 5.99. The summed E-state index contributed by atoms with van der Waals surface area (Å²) in [4.78, 5) is 19.2. The molecule has 0 saturated heterocycles. The van der Waals surface area contributed by atoms with Gasteiger partial charge in [0.15, 0.2) is 0 Å². The number of fused-ring (bicyclic) bond motifs is 3. The fraction of sp³-hybridized carbons (Fsp3) is 0.286. The summed E-state index contributed by atoms with van der Waals surface area (Å²) < 4.78 is 4.71. The molecule has 1 aliphatic rings. The molecule has 4 nitrogen and oxygen atoms in total. The highest BCUT2D eigenvalue weighted by Gasteiger charge is 2.21. The number of nitrogens with one attached hydrogen (secondary N) is 1. The first-order valence-electron chi connectivity index (χ1n) is 5.99. The number of hydrogen-bond donors (Lipinski definition) is 1. The Morgan fingerprint density at radius 2 is 2.28 bits per heavy atom. The smallest absolute Gasteiger partial charge is 0.311 e. The fourth-order valence-electron chi connectivity index (χ4n) is 2.44. The first-order chi connectivity index (χ1) is 8.79. The molecule has 0 bridgehead atoms. The third-order valence-corrected chi connectivity index (χ3v) is 3.31. The van der Waals surface area contributed by atoms with Crippen molar-refractivity contribution in [1.82, 2.24) is 4.98 Å². The Bertz CT molecular complexity index is 640. The van der Waals surface area contributed by atoms with Crippen molar-refractivity contribution in [3.8, 4) is 0 Å². The van der Waals surface area contributed by atoms with E-state index < -0.39 is 0 Å². The average molecular weight is 242 g/mol. The second kappa shape index (κ2) is 4.29. The molecule has 92 valence electrons. The number of hydrogen-bond acceptors (Lipinski definition) is 3. The summed E-state index contributed by atoms with van der Waals surface area (Å²) in [6.45, 7) is 0.737. The molecule has 2 heterocycles. The second-order valence-corrected chi connectivity index (χ2v) is 4.36. The van der Waals surface area contributed by atoms with Gasteiger partial charge >= 0.3 is 5.97 Å². The van der Waals surface area contributed by atoms with Crippen LogP contribution in [0.25, 0.3) is 10.9 Å². The zero-order chi connectivity index (χ0) is 12.5. The molecule has 0 atom stereocenters. The number of ether oxygens (including phenoxy) is 1. The highest BCUT2D eigenvalue weighted by molar-refractivity contribution is 6.12. The highest BCUT2D eigenvalue weighted by atomic mass is 16.5. The van der Waals surface area contributed by atoms with E-state index in [1.807, 2.05) is 18.2 Å². The van der Waals surface area contributed by atoms with Crippen LogP contribution in [0, 0.1) is 0 Å². The second-order valence-electron chi connectivity index (χ2n) is 4.36. The van der Waals surface area contributed by atoms with Crippen LogP contribution in [-0.4, -0.2) is 30.3 Å². The fourth-order valence-corrected chi connectivity index (χ4v) is 2.44. The van der Waals surface area contributed by atoms with Crippen molar-refractivity contribution in [3.05, 3.63) is 35.5 Å². The van der Waals surface area contributed by atoms with Gasteiger partial charge in [-0.25, -0.2) is 0 Å². The van der Waals surface area contributed by atoms with E-state index >= 15 is 0 Å². The molecule has 0 radical (unpaired) electrons. The molecular formula is C14H14N2O2. The summed E-state index contributed by atoms with van der Waals surface area (Å²) in [5.41, 5.74) is 4.16. The maximum atomic E-state index is 11.4. The van der Waals surface area contributed by atoms with Gasteiger partial charge in [0, 0.05) is 17.4 Å².